The zero-order valence-corrected chi connectivity index (χ0v) is 19.3. The maximum Gasteiger partial charge on any atom is 0.234 e. The number of benzene rings is 1. The molecule has 3 rings (SSSR count). The van der Waals surface area contributed by atoms with Gasteiger partial charge in [0.1, 0.15) is 5.03 Å². The van der Waals surface area contributed by atoms with Gasteiger partial charge in [0.25, 0.3) is 0 Å². The molecule has 7 nitrogen and oxygen atoms in total. The second-order valence-electron chi connectivity index (χ2n) is 7.12. The van der Waals surface area contributed by atoms with Crippen molar-refractivity contribution in [3.05, 3.63) is 40.9 Å². The molecule has 1 saturated heterocycles. The number of nitrogens with zero attached hydrogens (tertiary/aromatic N) is 3. The fourth-order valence-electron chi connectivity index (χ4n) is 3.24. The lowest BCUT2D eigenvalue weighted by molar-refractivity contribution is -0.125. The van der Waals surface area contributed by atoms with Gasteiger partial charge in [-0.2, -0.15) is 0 Å². The Labute approximate surface area is 189 Å². The van der Waals surface area contributed by atoms with E-state index in [1.54, 1.807) is 0 Å². The first-order valence-corrected chi connectivity index (χ1v) is 11.9. The lowest BCUT2D eigenvalue weighted by Crippen LogP contribution is -2.43. The third-order valence-electron chi connectivity index (χ3n) is 4.79. The van der Waals surface area contributed by atoms with Crippen molar-refractivity contribution in [2.75, 3.05) is 35.6 Å². The van der Waals surface area contributed by atoms with Crippen LogP contribution in [-0.2, 0) is 9.59 Å². The van der Waals surface area contributed by atoms with Gasteiger partial charge in [0, 0.05) is 24.1 Å². The number of thioether (sulfide) groups is 1. The lowest BCUT2D eigenvalue weighted by atomic mass is 9.97. The standard InChI is InChI=1S/C21H26BrN5O2S/c1-2-11-23-21(29)15-6-5-12-27(13-15)18-9-10-20(26-25-18)30-14-19(28)24-17-8-4-3-7-16(17)22/h3-4,7-10,15H,2,5-6,11-14H2,1H3,(H,23,29)(H,24,28). The molecule has 0 bridgehead atoms. The Bertz CT molecular complexity index is 865. The van der Waals surface area contributed by atoms with Crippen molar-refractivity contribution in [1.29, 1.82) is 0 Å². The van der Waals surface area contributed by atoms with Gasteiger partial charge >= 0.3 is 0 Å². The van der Waals surface area contributed by atoms with E-state index in [9.17, 15) is 9.59 Å². The minimum absolute atomic E-state index is 0.0119. The highest BCUT2D eigenvalue weighted by molar-refractivity contribution is 9.10. The average molecular weight is 492 g/mol. The Hall–Kier alpha value is -2.13. The monoisotopic (exact) mass is 491 g/mol. The quantitative estimate of drug-likeness (QED) is 0.547. The largest absolute Gasteiger partial charge is 0.356 e. The van der Waals surface area contributed by atoms with Crippen molar-refractivity contribution in [2.24, 2.45) is 5.92 Å². The third-order valence-corrected chi connectivity index (χ3v) is 6.40. The molecule has 2 amide bonds. The van der Waals surface area contributed by atoms with Crippen molar-refractivity contribution in [3.63, 3.8) is 0 Å². The molecule has 1 atom stereocenters. The van der Waals surface area contributed by atoms with E-state index < -0.39 is 0 Å². The summed E-state index contributed by atoms with van der Waals surface area (Å²) in [5, 5.41) is 15.1. The van der Waals surface area contributed by atoms with Crippen molar-refractivity contribution in [3.8, 4) is 0 Å². The Morgan fingerprint density at radius 3 is 2.80 bits per heavy atom. The van der Waals surface area contributed by atoms with Crippen molar-refractivity contribution < 1.29 is 9.59 Å². The second-order valence-corrected chi connectivity index (χ2v) is 8.97. The maximum atomic E-state index is 12.3. The van der Waals surface area contributed by atoms with E-state index in [2.05, 4.69) is 41.7 Å². The summed E-state index contributed by atoms with van der Waals surface area (Å²) in [6, 6.07) is 11.3. The van der Waals surface area contributed by atoms with Crippen LogP contribution in [0.4, 0.5) is 11.5 Å². The van der Waals surface area contributed by atoms with Crippen LogP contribution in [0.15, 0.2) is 45.9 Å². The van der Waals surface area contributed by atoms with Crippen molar-refractivity contribution in [2.45, 2.75) is 31.2 Å². The maximum absolute atomic E-state index is 12.3. The number of piperidine rings is 1. The minimum atomic E-state index is -0.102. The van der Waals surface area contributed by atoms with Gasteiger partial charge in [-0.15, -0.1) is 10.2 Å². The van der Waals surface area contributed by atoms with Crippen LogP contribution in [0, 0.1) is 5.92 Å². The summed E-state index contributed by atoms with van der Waals surface area (Å²) in [5.74, 6) is 1.03. The van der Waals surface area contributed by atoms with Crippen molar-refractivity contribution in [1.82, 2.24) is 15.5 Å². The highest BCUT2D eigenvalue weighted by Crippen LogP contribution is 2.24. The SMILES string of the molecule is CCCNC(=O)C1CCCN(c2ccc(SCC(=O)Nc3ccccc3Br)nn2)C1. The summed E-state index contributed by atoms with van der Waals surface area (Å²) in [4.78, 5) is 26.6. The molecule has 1 unspecified atom stereocenters. The second kappa shape index (κ2) is 11.3. The normalized spacial score (nSPS) is 16.2. The van der Waals surface area contributed by atoms with E-state index in [1.807, 2.05) is 43.3 Å². The summed E-state index contributed by atoms with van der Waals surface area (Å²) >= 11 is 4.76. The fraction of sp³-hybridized carbons (Fsp3) is 0.429. The van der Waals surface area contributed by atoms with Crippen LogP contribution in [0.5, 0.6) is 0 Å². The van der Waals surface area contributed by atoms with E-state index in [0.29, 0.717) is 11.6 Å². The first-order valence-electron chi connectivity index (χ1n) is 10.1. The molecule has 1 fully saturated rings. The van der Waals surface area contributed by atoms with Gasteiger partial charge in [-0.1, -0.05) is 30.8 Å². The molecule has 2 aromatic rings. The topological polar surface area (TPSA) is 87.2 Å². The summed E-state index contributed by atoms with van der Waals surface area (Å²) in [7, 11) is 0. The molecule has 30 heavy (non-hydrogen) atoms. The number of hydrogen-bond donors (Lipinski definition) is 2. The molecule has 2 N–H and O–H groups in total. The minimum Gasteiger partial charge on any atom is -0.356 e. The molecule has 1 aromatic heterocycles. The van der Waals surface area contributed by atoms with Crippen LogP contribution in [-0.4, -0.2) is 47.4 Å². The predicted octanol–water partition coefficient (Wildman–Crippen LogP) is 3.71. The van der Waals surface area contributed by atoms with Gasteiger partial charge in [-0.25, -0.2) is 0 Å². The first kappa shape index (κ1) is 22.6. The van der Waals surface area contributed by atoms with Gasteiger partial charge < -0.3 is 15.5 Å². The number of anilines is 2. The van der Waals surface area contributed by atoms with Crippen molar-refractivity contribution >= 4 is 51.0 Å². The van der Waals surface area contributed by atoms with Crippen LogP contribution >= 0.6 is 27.7 Å². The molecule has 1 aliphatic heterocycles. The van der Waals surface area contributed by atoms with Crippen LogP contribution in [0.25, 0.3) is 0 Å². The lowest BCUT2D eigenvalue weighted by Gasteiger charge is -2.32. The zero-order valence-electron chi connectivity index (χ0n) is 16.9. The average Bonchev–Trinajstić information content (AvgIpc) is 2.78. The molecule has 160 valence electrons. The number of carbonyl (C=O) groups is 2. The molecule has 1 aliphatic rings. The first-order chi connectivity index (χ1) is 14.6. The Balaban J connectivity index is 1.50. The van der Waals surface area contributed by atoms with Gasteiger partial charge in [0.05, 0.1) is 17.4 Å². The van der Waals surface area contributed by atoms with Gasteiger partial charge in [0.2, 0.25) is 11.8 Å². The van der Waals surface area contributed by atoms with E-state index >= 15 is 0 Å². The predicted molar refractivity (Wildman–Crippen MR) is 124 cm³/mol. The molecule has 0 saturated carbocycles. The molecular weight excluding hydrogens is 466 g/mol. The third kappa shape index (κ3) is 6.43. The number of aromatic nitrogens is 2. The summed E-state index contributed by atoms with van der Waals surface area (Å²) in [6.07, 6.45) is 2.80. The van der Waals surface area contributed by atoms with Crippen LogP contribution in [0.2, 0.25) is 0 Å². The number of amides is 2. The zero-order chi connectivity index (χ0) is 21.3. The Kier molecular flexibility index (Phi) is 8.50. The number of para-hydroxylation sites is 1. The molecule has 2 heterocycles. The van der Waals surface area contributed by atoms with Gasteiger partial charge in [0.15, 0.2) is 5.82 Å². The Morgan fingerprint density at radius 1 is 1.23 bits per heavy atom. The molecule has 9 heteroatoms. The molecule has 0 aliphatic carbocycles. The highest BCUT2D eigenvalue weighted by atomic mass is 79.9. The smallest absolute Gasteiger partial charge is 0.234 e. The van der Waals surface area contributed by atoms with Gasteiger partial charge in [-0.05, 0) is 59.5 Å². The number of nitrogens with one attached hydrogen (secondary N) is 2. The van der Waals surface area contributed by atoms with Crippen LogP contribution in [0.3, 0.4) is 0 Å². The highest BCUT2D eigenvalue weighted by Gasteiger charge is 2.26. The summed E-state index contributed by atoms with van der Waals surface area (Å²) in [6.45, 7) is 4.29. The number of rotatable bonds is 8. The number of hydrogen-bond acceptors (Lipinski definition) is 6. The summed E-state index contributed by atoms with van der Waals surface area (Å²) < 4.78 is 0.843. The molecule has 0 spiro atoms. The van der Waals surface area contributed by atoms with Crippen LogP contribution < -0.4 is 15.5 Å². The van der Waals surface area contributed by atoms with Gasteiger partial charge in [-0.3, -0.25) is 9.59 Å². The fourth-order valence-corrected chi connectivity index (χ4v) is 4.24. The number of carbonyl (C=O) groups excluding carboxylic acids is 2. The molecular formula is C21H26BrN5O2S. The van der Waals surface area contributed by atoms with E-state index in [4.69, 9.17) is 0 Å². The van der Waals surface area contributed by atoms with E-state index in [1.165, 1.54) is 11.8 Å². The molecule has 0 radical (unpaired) electrons. The summed E-state index contributed by atoms with van der Waals surface area (Å²) in [5.41, 5.74) is 0.743. The van der Waals surface area contributed by atoms with Crippen LogP contribution in [0.1, 0.15) is 26.2 Å². The van der Waals surface area contributed by atoms with E-state index in [-0.39, 0.29) is 23.5 Å². The van der Waals surface area contributed by atoms with E-state index in [0.717, 1.165) is 48.3 Å². The number of halogens is 1. The Morgan fingerprint density at radius 2 is 2.07 bits per heavy atom. The molecule has 1 aromatic carbocycles.